The van der Waals surface area contributed by atoms with Gasteiger partial charge in [-0.1, -0.05) is 0 Å². The zero-order valence-electron chi connectivity index (χ0n) is 10.1. The van der Waals surface area contributed by atoms with Gasteiger partial charge >= 0.3 is 5.69 Å². The van der Waals surface area contributed by atoms with E-state index in [1.54, 1.807) is 0 Å². The van der Waals surface area contributed by atoms with Crippen molar-refractivity contribution in [1.82, 2.24) is 9.55 Å². The molecule has 0 bridgehead atoms. The molecule has 1 fully saturated rings. The third-order valence-corrected chi connectivity index (χ3v) is 3.12. The molecule has 1 aromatic heterocycles. The van der Waals surface area contributed by atoms with E-state index < -0.39 is 42.2 Å². The van der Waals surface area contributed by atoms with Crippen LogP contribution < -0.4 is 11.2 Å². The summed E-state index contributed by atoms with van der Waals surface area (Å²) in [5.74, 6) is -0.936. The van der Waals surface area contributed by atoms with Crippen LogP contribution in [0.1, 0.15) is 11.8 Å². The number of rotatable bonds is 2. The van der Waals surface area contributed by atoms with Crippen LogP contribution in [0.5, 0.6) is 0 Å². The monoisotopic (exact) mass is 267 g/mol. The smallest absolute Gasteiger partial charge is 0.330 e. The van der Waals surface area contributed by atoms with E-state index in [1.165, 1.54) is 13.1 Å². The number of aryl methyl sites for hydroxylation is 1. The van der Waals surface area contributed by atoms with Gasteiger partial charge in [0.25, 0.3) is 5.56 Å². The number of hydrogen-bond acceptors (Lipinski definition) is 6. The van der Waals surface area contributed by atoms with Gasteiger partial charge in [-0.25, -0.2) is 4.79 Å². The Hall–Kier alpha value is -1.95. The molecular formula is C11H13N3O5. The summed E-state index contributed by atoms with van der Waals surface area (Å²) < 4.78 is 6.32. The highest BCUT2D eigenvalue weighted by atomic mass is 16.5. The van der Waals surface area contributed by atoms with Crippen LogP contribution in [-0.2, 0) is 4.74 Å². The molecule has 1 aromatic rings. The summed E-state index contributed by atoms with van der Waals surface area (Å²) in [6.45, 7) is 1.06. The number of hydrogen-bond donors (Lipinski definition) is 3. The molecule has 8 heteroatoms. The van der Waals surface area contributed by atoms with Gasteiger partial charge < -0.3 is 14.9 Å². The lowest BCUT2D eigenvalue weighted by molar-refractivity contribution is -0.0534. The van der Waals surface area contributed by atoms with E-state index in [9.17, 15) is 14.7 Å². The fourth-order valence-electron chi connectivity index (χ4n) is 2.06. The molecule has 2 heterocycles. The molecule has 3 N–H and O–H groups in total. The maximum Gasteiger partial charge on any atom is 0.330 e. The summed E-state index contributed by atoms with van der Waals surface area (Å²) >= 11 is 0. The van der Waals surface area contributed by atoms with Gasteiger partial charge in [0.15, 0.2) is 6.23 Å². The number of H-pyrrole nitrogens is 1. The first kappa shape index (κ1) is 13.5. The summed E-state index contributed by atoms with van der Waals surface area (Å²) in [7, 11) is 0. The second-order valence-electron chi connectivity index (χ2n) is 4.37. The zero-order chi connectivity index (χ0) is 14.2. The van der Waals surface area contributed by atoms with Crippen LogP contribution in [0.25, 0.3) is 0 Å². The average molecular weight is 267 g/mol. The average Bonchev–Trinajstić information content (AvgIpc) is 2.70. The first-order chi connectivity index (χ1) is 8.99. The quantitative estimate of drug-likeness (QED) is 0.582. The predicted molar refractivity (Wildman–Crippen MR) is 62.2 cm³/mol. The topological polar surface area (TPSA) is 128 Å². The highest BCUT2D eigenvalue weighted by molar-refractivity contribution is 5.05. The minimum atomic E-state index is -1.26. The van der Waals surface area contributed by atoms with E-state index in [1.807, 2.05) is 6.07 Å². The molecule has 1 aliphatic rings. The summed E-state index contributed by atoms with van der Waals surface area (Å²) in [6, 6.07) is 1.84. The normalized spacial score (nSPS) is 30.2. The number of aliphatic hydroxyl groups is 2. The molecule has 0 radical (unpaired) electrons. The first-order valence-corrected chi connectivity index (χ1v) is 5.65. The Bertz CT molecular complexity index is 628. The van der Waals surface area contributed by atoms with Crippen molar-refractivity contribution in [2.24, 2.45) is 5.92 Å². The summed E-state index contributed by atoms with van der Waals surface area (Å²) in [6.07, 6.45) is -1.98. The fourth-order valence-corrected chi connectivity index (χ4v) is 2.06. The summed E-state index contributed by atoms with van der Waals surface area (Å²) in [4.78, 5) is 25.0. The number of ether oxygens (including phenoxy) is 1. The fraction of sp³-hybridized carbons (Fsp3) is 0.545. The third kappa shape index (κ3) is 2.19. The predicted octanol–water partition coefficient (Wildman–Crippen LogP) is -1.76. The van der Waals surface area contributed by atoms with Gasteiger partial charge in [0, 0.05) is 11.8 Å². The maximum atomic E-state index is 11.7. The molecule has 0 aromatic carbocycles. The number of aromatic amines is 1. The zero-order valence-corrected chi connectivity index (χ0v) is 10.1. The standard InChI is InChI=1S/C11H13N3O5/c1-5-3-14(11(18)13-9(5)17)10-8(16)6(2-12)7(4-15)19-10/h3,6-8,10,15-16H,4H2,1H3,(H,13,17,18). The van der Waals surface area contributed by atoms with Crippen LogP contribution in [0.2, 0.25) is 0 Å². The largest absolute Gasteiger partial charge is 0.394 e. The Morgan fingerprint density at radius 2 is 2.26 bits per heavy atom. The molecule has 4 unspecified atom stereocenters. The van der Waals surface area contributed by atoms with Crippen molar-refractivity contribution in [3.05, 3.63) is 32.6 Å². The third-order valence-electron chi connectivity index (χ3n) is 3.12. The van der Waals surface area contributed by atoms with Gasteiger partial charge in [0.05, 0.1) is 12.7 Å². The summed E-state index contributed by atoms with van der Waals surface area (Å²) in [5.41, 5.74) is -0.990. The Morgan fingerprint density at radius 1 is 1.58 bits per heavy atom. The van der Waals surface area contributed by atoms with Gasteiger partial charge in [-0.3, -0.25) is 14.3 Å². The molecule has 2 rings (SSSR count). The minimum absolute atomic E-state index is 0.274. The Kier molecular flexibility index (Phi) is 3.53. The Morgan fingerprint density at radius 3 is 2.79 bits per heavy atom. The molecule has 102 valence electrons. The SMILES string of the molecule is Cc1cn(C2OC(CO)C(C#N)C2O)c(=O)[nH]c1=O. The van der Waals surface area contributed by atoms with E-state index in [-0.39, 0.29) is 5.56 Å². The molecule has 1 saturated heterocycles. The van der Waals surface area contributed by atoms with Crippen molar-refractivity contribution >= 4 is 0 Å². The minimum Gasteiger partial charge on any atom is -0.394 e. The van der Waals surface area contributed by atoms with Crippen molar-refractivity contribution < 1.29 is 14.9 Å². The van der Waals surface area contributed by atoms with Crippen molar-refractivity contribution in [3.8, 4) is 6.07 Å². The van der Waals surface area contributed by atoms with Crippen LogP contribution in [0.15, 0.2) is 15.8 Å². The molecular weight excluding hydrogens is 254 g/mol. The van der Waals surface area contributed by atoms with E-state index in [0.29, 0.717) is 0 Å². The van der Waals surface area contributed by atoms with Crippen LogP contribution >= 0.6 is 0 Å². The van der Waals surface area contributed by atoms with Crippen molar-refractivity contribution in [2.75, 3.05) is 6.61 Å². The van der Waals surface area contributed by atoms with Crippen molar-refractivity contribution in [3.63, 3.8) is 0 Å². The lowest BCUT2D eigenvalue weighted by atomic mass is 10.0. The van der Waals surface area contributed by atoms with Crippen LogP contribution in [0, 0.1) is 24.2 Å². The molecule has 19 heavy (non-hydrogen) atoms. The number of nitriles is 1. The number of aliphatic hydroxyl groups excluding tert-OH is 2. The number of nitrogens with one attached hydrogen (secondary N) is 1. The first-order valence-electron chi connectivity index (χ1n) is 5.65. The highest BCUT2D eigenvalue weighted by Gasteiger charge is 2.45. The van der Waals surface area contributed by atoms with Crippen molar-refractivity contribution in [2.45, 2.75) is 25.4 Å². The van der Waals surface area contributed by atoms with Gasteiger partial charge in [0.1, 0.15) is 18.1 Å². The molecule has 0 saturated carbocycles. The molecule has 1 aliphatic heterocycles. The summed E-state index contributed by atoms with van der Waals surface area (Å²) in [5, 5.41) is 28.0. The highest BCUT2D eigenvalue weighted by Crippen LogP contribution is 2.32. The maximum absolute atomic E-state index is 11.7. The Balaban J connectivity index is 2.44. The van der Waals surface area contributed by atoms with Crippen LogP contribution in [0.3, 0.4) is 0 Å². The van der Waals surface area contributed by atoms with Gasteiger partial charge in [-0.15, -0.1) is 0 Å². The molecule has 0 amide bonds. The second-order valence-corrected chi connectivity index (χ2v) is 4.37. The molecule has 4 atom stereocenters. The van der Waals surface area contributed by atoms with E-state index in [2.05, 4.69) is 4.98 Å². The lowest BCUT2D eigenvalue weighted by Crippen LogP contribution is -2.37. The van der Waals surface area contributed by atoms with Gasteiger partial charge in [-0.2, -0.15) is 5.26 Å². The second kappa shape index (κ2) is 4.97. The van der Waals surface area contributed by atoms with Crippen LogP contribution in [-0.4, -0.2) is 38.6 Å². The van der Waals surface area contributed by atoms with E-state index in [4.69, 9.17) is 15.1 Å². The van der Waals surface area contributed by atoms with E-state index >= 15 is 0 Å². The number of aromatic nitrogens is 2. The van der Waals surface area contributed by atoms with E-state index in [0.717, 1.165) is 4.57 Å². The molecule has 0 aliphatic carbocycles. The lowest BCUT2D eigenvalue weighted by Gasteiger charge is -2.17. The number of nitrogens with zero attached hydrogens (tertiary/aromatic N) is 2. The molecule has 8 nitrogen and oxygen atoms in total. The van der Waals surface area contributed by atoms with Gasteiger partial charge in [-0.05, 0) is 6.92 Å². The van der Waals surface area contributed by atoms with Gasteiger partial charge in [0.2, 0.25) is 0 Å². The van der Waals surface area contributed by atoms with Crippen LogP contribution in [0.4, 0.5) is 0 Å². The molecule has 0 spiro atoms. The van der Waals surface area contributed by atoms with Crippen molar-refractivity contribution in [1.29, 1.82) is 5.26 Å². The Labute approximate surface area is 107 Å².